The van der Waals surface area contributed by atoms with Gasteiger partial charge in [0.15, 0.2) is 11.5 Å². The van der Waals surface area contributed by atoms with Crippen molar-refractivity contribution in [3.8, 4) is 11.5 Å². The maximum absolute atomic E-state index is 11.7. The SMILES string of the molecule is COc1ccc(CNC(=O)NCC(C)(O)CSC)cc1OC. The molecule has 0 saturated heterocycles. The number of rotatable bonds is 8. The van der Waals surface area contributed by atoms with Crippen LogP contribution in [0.4, 0.5) is 4.79 Å². The van der Waals surface area contributed by atoms with E-state index < -0.39 is 5.60 Å². The summed E-state index contributed by atoms with van der Waals surface area (Å²) in [5.41, 5.74) is -0.0243. The molecule has 1 aromatic rings. The molecular weight excluding hydrogens is 304 g/mol. The Bertz CT molecular complexity index is 494. The minimum absolute atomic E-state index is 0.200. The average Bonchev–Trinajstić information content (AvgIpc) is 2.50. The van der Waals surface area contributed by atoms with Gasteiger partial charge >= 0.3 is 6.03 Å². The lowest BCUT2D eigenvalue weighted by Crippen LogP contribution is -2.45. The molecule has 0 heterocycles. The highest BCUT2D eigenvalue weighted by Crippen LogP contribution is 2.27. The highest BCUT2D eigenvalue weighted by Gasteiger charge is 2.20. The van der Waals surface area contributed by atoms with E-state index in [4.69, 9.17) is 9.47 Å². The van der Waals surface area contributed by atoms with Crippen LogP contribution in [0.3, 0.4) is 0 Å². The lowest BCUT2D eigenvalue weighted by atomic mass is 10.1. The third kappa shape index (κ3) is 6.03. The van der Waals surface area contributed by atoms with Gasteiger partial charge in [-0.05, 0) is 30.9 Å². The van der Waals surface area contributed by atoms with Gasteiger partial charge in [-0.25, -0.2) is 4.79 Å². The molecule has 124 valence electrons. The van der Waals surface area contributed by atoms with Crippen molar-refractivity contribution >= 4 is 17.8 Å². The molecule has 0 fully saturated rings. The molecule has 1 atom stereocenters. The summed E-state index contributed by atoms with van der Waals surface area (Å²) < 4.78 is 10.4. The Labute approximate surface area is 135 Å². The van der Waals surface area contributed by atoms with Gasteiger partial charge in [0.1, 0.15) is 0 Å². The molecule has 0 aliphatic rings. The average molecular weight is 328 g/mol. The van der Waals surface area contributed by atoms with Crippen molar-refractivity contribution in [3.63, 3.8) is 0 Å². The number of thioether (sulfide) groups is 1. The summed E-state index contributed by atoms with van der Waals surface area (Å²) in [6.45, 7) is 2.25. The number of benzene rings is 1. The number of amides is 2. The van der Waals surface area contributed by atoms with Gasteiger partial charge < -0.3 is 25.2 Å². The molecule has 0 radical (unpaired) electrons. The zero-order chi connectivity index (χ0) is 16.6. The van der Waals surface area contributed by atoms with Crippen LogP contribution < -0.4 is 20.1 Å². The van der Waals surface area contributed by atoms with Crippen molar-refractivity contribution < 1.29 is 19.4 Å². The van der Waals surface area contributed by atoms with Gasteiger partial charge in [-0.2, -0.15) is 11.8 Å². The lowest BCUT2D eigenvalue weighted by molar-refractivity contribution is 0.0869. The number of hydrogen-bond donors (Lipinski definition) is 3. The summed E-state index contributed by atoms with van der Waals surface area (Å²) in [5.74, 6) is 1.82. The Kier molecular flexibility index (Phi) is 7.34. The number of hydrogen-bond acceptors (Lipinski definition) is 5. The first-order valence-electron chi connectivity index (χ1n) is 6.86. The molecule has 2 amide bonds. The van der Waals surface area contributed by atoms with E-state index >= 15 is 0 Å². The van der Waals surface area contributed by atoms with E-state index in [1.807, 2.05) is 18.4 Å². The quantitative estimate of drug-likeness (QED) is 0.676. The van der Waals surface area contributed by atoms with Crippen molar-refractivity contribution in [2.24, 2.45) is 0 Å². The van der Waals surface area contributed by atoms with E-state index in [-0.39, 0.29) is 12.6 Å². The number of methoxy groups -OCH3 is 2. The smallest absolute Gasteiger partial charge is 0.315 e. The van der Waals surface area contributed by atoms with Crippen LogP contribution in [-0.2, 0) is 6.54 Å². The third-order valence-electron chi connectivity index (χ3n) is 2.99. The topological polar surface area (TPSA) is 79.8 Å². The molecule has 0 aliphatic heterocycles. The van der Waals surface area contributed by atoms with Crippen LogP contribution in [0.25, 0.3) is 0 Å². The maximum atomic E-state index is 11.7. The minimum atomic E-state index is -0.917. The fourth-order valence-corrected chi connectivity index (χ4v) is 2.59. The number of carbonyl (C=O) groups is 1. The molecule has 1 rings (SSSR count). The number of carbonyl (C=O) groups excluding carboxylic acids is 1. The van der Waals surface area contributed by atoms with Crippen LogP contribution in [0, 0.1) is 0 Å². The van der Waals surface area contributed by atoms with Crippen molar-refractivity contribution in [2.75, 3.05) is 32.8 Å². The van der Waals surface area contributed by atoms with Crippen LogP contribution in [0.1, 0.15) is 12.5 Å². The second-order valence-corrected chi connectivity index (χ2v) is 6.02. The zero-order valence-electron chi connectivity index (χ0n) is 13.4. The van der Waals surface area contributed by atoms with Gasteiger partial charge in [0.2, 0.25) is 0 Å². The van der Waals surface area contributed by atoms with Crippen LogP contribution in [0.5, 0.6) is 11.5 Å². The van der Waals surface area contributed by atoms with E-state index in [2.05, 4.69) is 10.6 Å². The first-order chi connectivity index (χ1) is 10.4. The number of ether oxygens (including phenoxy) is 2. The fourth-order valence-electron chi connectivity index (χ4n) is 1.87. The molecule has 7 heteroatoms. The van der Waals surface area contributed by atoms with E-state index in [9.17, 15) is 9.90 Å². The molecule has 0 saturated carbocycles. The Morgan fingerprint density at radius 3 is 2.55 bits per heavy atom. The summed E-state index contributed by atoms with van der Waals surface area (Å²) >= 11 is 1.53. The molecule has 0 spiro atoms. The second-order valence-electron chi connectivity index (χ2n) is 5.16. The Morgan fingerprint density at radius 1 is 1.27 bits per heavy atom. The predicted octanol–water partition coefficient (Wildman–Crippen LogP) is 1.62. The molecule has 22 heavy (non-hydrogen) atoms. The molecule has 0 aliphatic carbocycles. The van der Waals surface area contributed by atoms with E-state index in [1.54, 1.807) is 27.2 Å². The zero-order valence-corrected chi connectivity index (χ0v) is 14.3. The maximum Gasteiger partial charge on any atom is 0.315 e. The first kappa shape index (κ1) is 18.4. The van der Waals surface area contributed by atoms with Crippen molar-refractivity contribution in [2.45, 2.75) is 19.1 Å². The number of nitrogens with one attached hydrogen (secondary N) is 2. The van der Waals surface area contributed by atoms with Gasteiger partial charge in [-0.1, -0.05) is 6.07 Å². The van der Waals surface area contributed by atoms with E-state index in [0.29, 0.717) is 23.8 Å². The normalized spacial score (nSPS) is 13.1. The Hall–Kier alpha value is -1.60. The van der Waals surface area contributed by atoms with E-state index in [0.717, 1.165) is 5.56 Å². The fraction of sp³-hybridized carbons (Fsp3) is 0.533. The Morgan fingerprint density at radius 2 is 1.95 bits per heavy atom. The highest BCUT2D eigenvalue weighted by atomic mass is 32.2. The molecule has 0 bridgehead atoms. The van der Waals surface area contributed by atoms with E-state index in [1.165, 1.54) is 11.8 Å². The summed E-state index contributed by atoms with van der Waals surface area (Å²) in [6, 6.07) is 5.13. The van der Waals surface area contributed by atoms with Crippen molar-refractivity contribution in [1.29, 1.82) is 0 Å². The monoisotopic (exact) mass is 328 g/mol. The van der Waals surface area contributed by atoms with Gasteiger partial charge in [0, 0.05) is 18.8 Å². The summed E-state index contributed by atoms with van der Waals surface area (Å²) in [7, 11) is 3.14. The van der Waals surface area contributed by atoms with Crippen molar-refractivity contribution in [1.82, 2.24) is 10.6 Å². The predicted molar refractivity (Wildman–Crippen MR) is 88.8 cm³/mol. The molecule has 3 N–H and O–H groups in total. The van der Waals surface area contributed by atoms with Gasteiger partial charge in [-0.15, -0.1) is 0 Å². The number of urea groups is 1. The first-order valence-corrected chi connectivity index (χ1v) is 8.25. The summed E-state index contributed by atoms with van der Waals surface area (Å²) in [6.07, 6.45) is 1.91. The molecular formula is C15H24N2O4S. The van der Waals surface area contributed by atoms with Gasteiger partial charge in [0.25, 0.3) is 0 Å². The highest BCUT2D eigenvalue weighted by molar-refractivity contribution is 7.98. The Balaban J connectivity index is 2.47. The molecule has 6 nitrogen and oxygen atoms in total. The summed E-state index contributed by atoms with van der Waals surface area (Å²) in [4.78, 5) is 11.7. The minimum Gasteiger partial charge on any atom is -0.493 e. The van der Waals surface area contributed by atoms with Crippen LogP contribution in [-0.4, -0.2) is 49.5 Å². The van der Waals surface area contributed by atoms with Crippen LogP contribution in [0.15, 0.2) is 18.2 Å². The van der Waals surface area contributed by atoms with Crippen molar-refractivity contribution in [3.05, 3.63) is 23.8 Å². The third-order valence-corrected chi connectivity index (χ3v) is 3.90. The molecule has 1 unspecified atom stereocenters. The van der Waals surface area contributed by atoms with Crippen LogP contribution in [0.2, 0.25) is 0 Å². The largest absolute Gasteiger partial charge is 0.493 e. The van der Waals surface area contributed by atoms with Gasteiger partial charge in [0.05, 0.1) is 19.8 Å². The lowest BCUT2D eigenvalue weighted by Gasteiger charge is -2.22. The molecule has 0 aromatic heterocycles. The summed E-state index contributed by atoms with van der Waals surface area (Å²) in [5, 5.41) is 15.4. The second kappa shape index (κ2) is 8.75. The number of aliphatic hydroxyl groups is 1. The van der Waals surface area contributed by atoms with Crippen LogP contribution >= 0.6 is 11.8 Å². The molecule has 1 aromatic carbocycles. The standard InChI is InChI=1S/C15H24N2O4S/c1-15(19,10-22-4)9-17-14(18)16-8-11-5-6-12(20-2)13(7-11)21-3/h5-7,19H,8-10H2,1-4H3,(H2,16,17,18). The van der Waals surface area contributed by atoms with Gasteiger partial charge in [-0.3, -0.25) is 0 Å².